The van der Waals surface area contributed by atoms with Gasteiger partial charge in [-0.05, 0) is 22.0 Å². The molecule has 0 bridgehead atoms. The molecule has 13 heavy (non-hydrogen) atoms. The van der Waals surface area contributed by atoms with Crippen LogP contribution in [0.25, 0.3) is 0 Å². The van der Waals surface area contributed by atoms with Gasteiger partial charge in [0.15, 0.2) is 0 Å². The summed E-state index contributed by atoms with van der Waals surface area (Å²) in [7, 11) is 0. The molecule has 0 unspecified atom stereocenters. The summed E-state index contributed by atoms with van der Waals surface area (Å²) in [6.45, 7) is 0. The molecule has 1 heterocycles. The Morgan fingerprint density at radius 2 is 2.23 bits per heavy atom. The molecule has 2 rings (SSSR count). The minimum absolute atomic E-state index is 0.158. The van der Waals surface area contributed by atoms with Crippen molar-refractivity contribution in [3.8, 4) is 5.75 Å². The molecule has 3 nitrogen and oxygen atoms in total. The lowest BCUT2D eigenvalue weighted by Crippen LogP contribution is -2.37. The molecule has 1 aliphatic carbocycles. The van der Waals surface area contributed by atoms with Crippen LogP contribution in [0.2, 0.25) is 0 Å². The average molecular weight is 244 g/mol. The van der Waals surface area contributed by atoms with Crippen molar-refractivity contribution in [2.45, 2.75) is 25.0 Å². The van der Waals surface area contributed by atoms with Crippen LogP contribution in [0.4, 0.5) is 0 Å². The van der Waals surface area contributed by atoms with E-state index in [1.807, 2.05) is 6.07 Å². The smallest absolute Gasteiger partial charge is 0.139 e. The molecule has 0 atom stereocenters. The van der Waals surface area contributed by atoms with E-state index in [4.69, 9.17) is 9.84 Å². The second-order valence-electron chi connectivity index (χ2n) is 3.20. The fourth-order valence-corrected chi connectivity index (χ4v) is 1.63. The van der Waals surface area contributed by atoms with Gasteiger partial charge in [-0.2, -0.15) is 0 Å². The number of nitrogens with zero attached hydrogens (tertiary/aromatic N) is 1. The first-order chi connectivity index (χ1) is 6.24. The second kappa shape index (κ2) is 3.64. The van der Waals surface area contributed by atoms with E-state index in [9.17, 15) is 0 Å². The van der Waals surface area contributed by atoms with Crippen LogP contribution in [0, 0.1) is 0 Å². The Morgan fingerprint density at radius 1 is 1.46 bits per heavy atom. The topological polar surface area (TPSA) is 42.4 Å². The fraction of sp³-hybridized carbons (Fsp3) is 0.444. The summed E-state index contributed by atoms with van der Waals surface area (Å²) in [4.78, 5) is 3.98. The molecule has 0 radical (unpaired) electrons. The fourth-order valence-electron chi connectivity index (χ4n) is 1.28. The van der Waals surface area contributed by atoms with Crippen LogP contribution >= 0.6 is 15.9 Å². The quantitative estimate of drug-likeness (QED) is 0.861. The van der Waals surface area contributed by atoms with Crippen molar-refractivity contribution in [1.29, 1.82) is 0 Å². The normalized spacial score (nSPS) is 26.6. The van der Waals surface area contributed by atoms with E-state index in [0.717, 1.165) is 23.1 Å². The summed E-state index contributed by atoms with van der Waals surface area (Å²) in [5.74, 6) is 0.756. The van der Waals surface area contributed by atoms with Gasteiger partial charge in [0, 0.05) is 23.5 Å². The Morgan fingerprint density at radius 3 is 2.85 bits per heavy atom. The zero-order valence-electron chi connectivity index (χ0n) is 6.98. The highest BCUT2D eigenvalue weighted by molar-refractivity contribution is 9.10. The van der Waals surface area contributed by atoms with E-state index in [2.05, 4.69) is 20.9 Å². The Hall–Kier alpha value is -0.610. The standard InChI is InChI=1S/C9H10BrNO2/c10-6-1-9(5-11-4-6)13-8-2-7(12)3-8/h1,4-5,7-8,12H,2-3H2. The number of ether oxygens (including phenoxy) is 1. The first-order valence-electron chi connectivity index (χ1n) is 4.19. The van der Waals surface area contributed by atoms with Crippen LogP contribution in [-0.4, -0.2) is 22.3 Å². The Balaban J connectivity index is 1.94. The highest BCUT2D eigenvalue weighted by Crippen LogP contribution is 2.26. The van der Waals surface area contributed by atoms with Gasteiger partial charge >= 0.3 is 0 Å². The van der Waals surface area contributed by atoms with Crippen molar-refractivity contribution in [3.05, 3.63) is 22.9 Å². The maximum Gasteiger partial charge on any atom is 0.139 e. The molecule has 4 heteroatoms. The summed E-state index contributed by atoms with van der Waals surface area (Å²) in [6.07, 6.45) is 4.83. The van der Waals surface area contributed by atoms with E-state index < -0.39 is 0 Å². The van der Waals surface area contributed by atoms with Crippen LogP contribution in [0.15, 0.2) is 22.9 Å². The van der Waals surface area contributed by atoms with Gasteiger partial charge in [0.05, 0.1) is 12.3 Å². The van der Waals surface area contributed by atoms with Gasteiger partial charge in [0.2, 0.25) is 0 Å². The number of hydrogen-bond acceptors (Lipinski definition) is 3. The molecular weight excluding hydrogens is 234 g/mol. The Bertz CT molecular complexity index is 299. The van der Waals surface area contributed by atoms with Crippen LogP contribution in [-0.2, 0) is 0 Å². The molecule has 1 aliphatic rings. The summed E-state index contributed by atoms with van der Waals surface area (Å²) < 4.78 is 6.46. The van der Waals surface area contributed by atoms with Gasteiger partial charge in [0.25, 0.3) is 0 Å². The van der Waals surface area contributed by atoms with Crippen molar-refractivity contribution in [2.75, 3.05) is 0 Å². The monoisotopic (exact) mass is 243 g/mol. The van der Waals surface area contributed by atoms with Crippen molar-refractivity contribution in [3.63, 3.8) is 0 Å². The summed E-state index contributed by atoms with van der Waals surface area (Å²) in [5.41, 5.74) is 0. The van der Waals surface area contributed by atoms with Gasteiger partial charge < -0.3 is 9.84 Å². The number of aromatic nitrogens is 1. The first-order valence-corrected chi connectivity index (χ1v) is 4.98. The summed E-state index contributed by atoms with van der Waals surface area (Å²) in [6, 6.07) is 1.87. The predicted molar refractivity (Wildman–Crippen MR) is 51.6 cm³/mol. The number of rotatable bonds is 2. The third-order valence-electron chi connectivity index (χ3n) is 2.05. The van der Waals surface area contributed by atoms with Gasteiger partial charge in [-0.3, -0.25) is 4.98 Å². The molecule has 0 saturated heterocycles. The molecule has 0 aromatic carbocycles. The third kappa shape index (κ3) is 2.19. The zero-order chi connectivity index (χ0) is 9.26. The molecule has 1 N–H and O–H groups in total. The number of halogens is 1. The largest absolute Gasteiger partial charge is 0.489 e. The van der Waals surface area contributed by atoms with Crippen molar-refractivity contribution in [2.24, 2.45) is 0 Å². The maximum atomic E-state index is 9.05. The minimum Gasteiger partial charge on any atom is -0.489 e. The lowest BCUT2D eigenvalue weighted by molar-refractivity contribution is -0.0109. The van der Waals surface area contributed by atoms with Gasteiger partial charge in [-0.1, -0.05) is 0 Å². The van der Waals surface area contributed by atoms with Crippen LogP contribution in [0.1, 0.15) is 12.8 Å². The van der Waals surface area contributed by atoms with Crippen LogP contribution in [0.5, 0.6) is 5.75 Å². The highest BCUT2D eigenvalue weighted by atomic mass is 79.9. The highest BCUT2D eigenvalue weighted by Gasteiger charge is 2.28. The summed E-state index contributed by atoms with van der Waals surface area (Å²) >= 11 is 3.31. The summed E-state index contributed by atoms with van der Waals surface area (Å²) in [5, 5.41) is 9.05. The number of hydrogen-bond donors (Lipinski definition) is 1. The van der Waals surface area contributed by atoms with Crippen LogP contribution in [0.3, 0.4) is 0 Å². The molecule has 1 saturated carbocycles. The van der Waals surface area contributed by atoms with Crippen molar-refractivity contribution in [1.82, 2.24) is 4.98 Å². The third-order valence-corrected chi connectivity index (χ3v) is 2.49. The number of pyridine rings is 1. The van der Waals surface area contributed by atoms with E-state index in [1.165, 1.54) is 0 Å². The average Bonchev–Trinajstić information content (AvgIpc) is 2.01. The molecule has 1 aromatic rings. The van der Waals surface area contributed by atoms with E-state index in [0.29, 0.717) is 0 Å². The lowest BCUT2D eigenvalue weighted by Gasteiger charge is -2.31. The first kappa shape index (κ1) is 8.97. The molecule has 1 aromatic heterocycles. The second-order valence-corrected chi connectivity index (χ2v) is 4.12. The van der Waals surface area contributed by atoms with Crippen LogP contribution < -0.4 is 4.74 Å². The Labute approximate surface area is 84.9 Å². The molecule has 0 amide bonds. The van der Waals surface area contributed by atoms with E-state index in [-0.39, 0.29) is 12.2 Å². The van der Waals surface area contributed by atoms with Crippen molar-refractivity contribution >= 4 is 15.9 Å². The van der Waals surface area contributed by atoms with E-state index in [1.54, 1.807) is 12.4 Å². The molecule has 70 valence electrons. The molecule has 1 fully saturated rings. The number of aliphatic hydroxyl groups excluding tert-OH is 1. The lowest BCUT2D eigenvalue weighted by atomic mass is 9.92. The minimum atomic E-state index is -0.176. The SMILES string of the molecule is OC1CC(Oc2cncc(Br)c2)C1. The van der Waals surface area contributed by atoms with Gasteiger partial charge in [0.1, 0.15) is 11.9 Å². The molecule has 0 spiro atoms. The maximum absolute atomic E-state index is 9.05. The van der Waals surface area contributed by atoms with E-state index >= 15 is 0 Å². The predicted octanol–water partition coefficient (Wildman–Crippen LogP) is 1.75. The number of aliphatic hydroxyl groups is 1. The van der Waals surface area contributed by atoms with Crippen molar-refractivity contribution < 1.29 is 9.84 Å². The van der Waals surface area contributed by atoms with Gasteiger partial charge in [-0.15, -0.1) is 0 Å². The van der Waals surface area contributed by atoms with Gasteiger partial charge in [-0.25, -0.2) is 0 Å². The zero-order valence-corrected chi connectivity index (χ0v) is 8.57. The Kier molecular flexibility index (Phi) is 2.51. The molecule has 0 aliphatic heterocycles. The molecular formula is C9H10BrNO2.